The topological polar surface area (TPSA) is 24.1 Å². The average molecular weight is 345 g/mol. The molecular formula is C24H28N2. The van der Waals surface area contributed by atoms with Crippen molar-refractivity contribution in [3.8, 4) is 0 Å². The Hall–Kier alpha value is -2.74. The number of anilines is 2. The number of benzene rings is 3. The lowest BCUT2D eigenvalue weighted by molar-refractivity contribution is 0.690. The zero-order valence-electron chi connectivity index (χ0n) is 15.7. The van der Waals surface area contributed by atoms with Crippen LogP contribution < -0.4 is 10.6 Å². The highest BCUT2D eigenvalue weighted by atomic mass is 15.0. The molecule has 2 nitrogen and oxygen atoms in total. The summed E-state index contributed by atoms with van der Waals surface area (Å²) < 4.78 is 0. The van der Waals surface area contributed by atoms with E-state index in [-0.39, 0.29) is 0 Å². The van der Waals surface area contributed by atoms with Crippen molar-refractivity contribution in [2.75, 3.05) is 10.6 Å². The van der Waals surface area contributed by atoms with Crippen molar-refractivity contribution in [3.63, 3.8) is 0 Å². The summed E-state index contributed by atoms with van der Waals surface area (Å²) in [4.78, 5) is 0. The minimum absolute atomic E-state index is 0.416. The molecule has 3 rings (SSSR count). The van der Waals surface area contributed by atoms with Gasteiger partial charge < -0.3 is 10.6 Å². The molecule has 3 aromatic carbocycles. The van der Waals surface area contributed by atoms with Crippen molar-refractivity contribution in [1.82, 2.24) is 0 Å². The van der Waals surface area contributed by atoms with Gasteiger partial charge in [-0.05, 0) is 43.0 Å². The van der Waals surface area contributed by atoms with Gasteiger partial charge in [-0.2, -0.15) is 0 Å². The number of para-hydroxylation sites is 2. The van der Waals surface area contributed by atoms with Gasteiger partial charge in [0.1, 0.15) is 0 Å². The lowest BCUT2D eigenvalue weighted by atomic mass is 10.0. The maximum Gasteiger partial charge on any atom is 0.0578 e. The molecule has 0 bridgehead atoms. The molecule has 1 unspecified atom stereocenters. The van der Waals surface area contributed by atoms with Gasteiger partial charge in [-0.3, -0.25) is 0 Å². The number of aryl methyl sites for hydroxylation is 1. The van der Waals surface area contributed by atoms with Gasteiger partial charge in [-0.1, -0.05) is 79.2 Å². The first-order valence-electron chi connectivity index (χ1n) is 9.43. The smallest absolute Gasteiger partial charge is 0.0578 e. The Bertz CT molecular complexity index is 794. The highest BCUT2D eigenvalue weighted by Crippen LogP contribution is 2.24. The first-order valence-corrected chi connectivity index (χ1v) is 9.43. The van der Waals surface area contributed by atoms with Crippen LogP contribution in [-0.2, 0) is 13.0 Å². The molecule has 0 aromatic heterocycles. The van der Waals surface area contributed by atoms with Crippen molar-refractivity contribution < 1.29 is 0 Å². The van der Waals surface area contributed by atoms with Crippen LogP contribution >= 0.6 is 0 Å². The van der Waals surface area contributed by atoms with Crippen molar-refractivity contribution in [1.29, 1.82) is 0 Å². The van der Waals surface area contributed by atoms with Crippen LogP contribution in [-0.4, -0.2) is 6.04 Å². The van der Waals surface area contributed by atoms with E-state index in [4.69, 9.17) is 0 Å². The van der Waals surface area contributed by atoms with Crippen LogP contribution in [0.25, 0.3) is 0 Å². The first kappa shape index (κ1) is 18.1. The van der Waals surface area contributed by atoms with Crippen LogP contribution in [0.1, 0.15) is 30.0 Å². The molecule has 0 aliphatic carbocycles. The fourth-order valence-corrected chi connectivity index (χ4v) is 3.08. The third-order valence-electron chi connectivity index (χ3n) is 4.71. The molecule has 2 N–H and O–H groups in total. The second-order valence-corrected chi connectivity index (χ2v) is 6.82. The van der Waals surface area contributed by atoms with Gasteiger partial charge >= 0.3 is 0 Å². The molecule has 0 saturated heterocycles. The van der Waals surface area contributed by atoms with Gasteiger partial charge in [0.2, 0.25) is 0 Å². The van der Waals surface area contributed by atoms with E-state index in [0.717, 1.165) is 25.1 Å². The third kappa shape index (κ3) is 5.13. The molecule has 0 radical (unpaired) electrons. The summed E-state index contributed by atoms with van der Waals surface area (Å²) in [7, 11) is 0. The molecule has 26 heavy (non-hydrogen) atoms. The van der Waals surface area contributed by atoms with Gasteiger partial charge in [0.15, 0.2) is 0 Å². The SMILES string of the molecule is CCC(Cc1ccccc1)Nc1ccccc1NCc1ccc(C)cc1. The van der Waals surface area contributed by atoms with Crippen LogP contribution in [0.15, 0.2) is 78.9 Å². The van der Waals surface area contributed by atoms with Gasteiger partial charge in [-0.25, -0.2) is 0 Å². The maximum absolute atomic E-state index is 3.73. The van der Waals surface area contributed by atoms with Crippen molar-refractivity contribution >= 4 is 11.4 Å². The van der Waals surface area contributed by atoms with E-state index < -0.39 is 0 Å². The molecule has 0 aliphatic heterocycles. The molecule has 2 heteroatoms. The van der Waals surface area contributed by atoms with Gasteiger partial charge in [-0.15, -0.1) is 0 Å². The Morgan fingerprint density at radius 2 is 1.38 bits per heavy atom. The van der Waals surface area contributed by atoms with Gasteiger partial charge in [0.05, 0.1) is 11.4 Å². The van der Waals surface area contributed by atoms with E-state index in [1.807, 2.05) is 0 Å². The molecular weight excluding hydrogens is 316 g/mol. The first-order chi connectivity index (χ1) is 12.7. The summed E-state index contributed by atoms with van der Waals surface area (Å²) in [5.74, 6) is 0. The van der Waals surface area contributed by atoms with E-state index in [2.05, 4.69) is 103 Å². The summed E-state index contributed by atoms with van der Waals surface area (Å²) in [5, 5.41) is 7.31. The van der Waals surface area contributed by atoms with Crippen molar-refractivity contribution in [3.05, 3.63) is 95.6 Å². The standard InChI is InChI=1S/C24H28N2/c1-3-22(17-20-9-5-4-6-10-20)26-24-12-8-7-11-23(24)25-18-21-15-13-19(2)14-16-21/h4-16,22,25-26H,3,17-18H2,1-2H3. The fourth-order valence-electron chi connectivity index (χ4n) is 3.08. The van der Waals surface area contributed by atoms with Crippen LogP contribution in [0.4, 0.5) is 11.4 Å². The number of hydrogen-bond donors (Lipinski definition) is 2. The number of nitrogens with one attached hydrogen (secondary N) is 2. The Balaban J connectivity index is 1.66. The van der Waals surface area contributed by atoms with Crippen LogP contribution in [0, 0.1) is 6.92 Å². The Labute approximate surface area is 157 Å². The minimum Gasteiger partial charge on any atom is -0.380 e. The lowest BCUT2D eigenvalue weighted by Crippen LogP contribution is -2.22. The minimum atomic E-state index is 0.416. The highest BCUT2D eigenvalue weighted by molar-refractivity contribution is 5.69. The molecule has 0 saturated carbocycles. The zero-order chi connectivity index (χ0) is 18.2. The normalized spacial score (nSPS) is 11.8. The third-order valence-corrected chi connectivity index (χ3v) is 4.71. The van der Waals surface area contributed by atoms with Crippen molar-refractivity contribution in [2.24, 2.45) is 0 Å². The monoisotopic (exact) mass is 344 g/mol. The predicted octanol–water partition coefficient (Wildman–Crippen LogP) is 6.04. The molecule has 0 aliphatic rings. The van der Waals surface area contributed by atoms with Crippen LogP contribution in [0.2, 0.25) is 0 Å². The average Bonchev–Trinajstić information content (AvgIpc) is 2.69. The van der Waals surface area contributed by atoms with E-state index >= 15 is 0 Å². The largest absolute Gasteiger partial charge is 0.380 e. The van der Waals surface area contributed by atoms with Gasteiger partial charge in [0.25, 0.3) is 0 Å². The van der Waals surface area contributed by atoms with Crippen LogP contribution in [0.3, 0.4) is 0 Å². The second kappa shape index (κ2) is 9.10. The zero-order valence-corrected chi connectivity index (χ0v) is 15.7. The maximum atomic E-state index is 3.73. The number of rotatable bonds is 8. The summed E-state index contributed by atoms with van der Waals surface area (Å²) in [6, 6.07) is 28.3. The Kier molecular flexibility index (Phi) is 6.32. The van der Waals surface area contributed by atoms with Gasteiger partial charge in [0, 0.05) is 12.6 Å². The molecule has 0 amide bonds. The summed E-state index contributed by atoms with van der Waals surface area (Å²) in [6.45, 7) is 5.19. The molecule has 0 spiro atoms. The van der Waals surface area contributed by atoms with E-state index in [9.17, 15) is 0 Å². The molecule has 0 heterocycles. The highest BCUT2D eigenvalue weighted by Gasteiger charge is 2.10. The second-order valence-electron chi connectivity index (χ2n) is 6.82. The fraction of sp³-hybridized carbons (Fsp3) is 0.250. The summed E-state index contributed by atoms with van der Waals surface area (Å²) in [6.07, 6.45) is 2.12. The van der Waals surface area contributed by atoms with E-state index in [1.165, 1.54) is 22.4 Å². The Morgan fingerprint density at radius 3 is 2.08 bits per heavy atom. The predicted molar refractivity (Wildman–Crippen MR) is 113 cm³/mol. The summed E-state index contributed by atoms with van der Waals surface area (Å²) >= 11 is 0. The molecule has 1 atom stereocenters. The molecule has 0 fully saturated rings. The molecule has 3 aromatic rings. The van der Waals surface area contributed by atoms with E-state index in [1.54, 1.807) is 0 Å². The molecule has 134 valence electrons. The number of hydrogen-bond acceptors (Lipinski definition) is 2. The van der Waals surface area contributed by atoms with Crippen LogP contribution in [0.5, 0.6) is 0 Å². The Morgan fingerprint density at radius 1 is 0.731 bits per heavy atom. The lowest BCUT2D eigenvalue weighted by Gasteiger charge is -2.21. The summed E-state index contributed by atoms with van der Waals surface area (Å²) in [5.41, 5.74) is 6.28. The van der Waals surface area contributed by atoms with E-state index in [0.29, 0.717) is 6.04 Å². The quantitative estimate of drug-likeness (QED) is 0.520. The van der Waals surface area contributed by atoms with Crippen molar-refractivity contribution in [2.45, 2.75) is 39.3 Å².